The fourth-order valence-electron chi connectivity index (χ4n) is 3.13. The van der Waals surface area contributed by atoms with Crippen LogP contribution in [0.3, 0.4) is 0 Å². The number of carbonyl (C=O) groups excluding carboxylic acids is 1. The molecule has 1 aliphatic heterocycles. The second-order valence-electron chi connectivity index (χ2n) is 5.93. The lowest BCUT2D eigenvalue weighted by Gasteiger charge is -2.16. The van der Waals surface area contributed by atoms with Gasteiger partial charge in [0.15, 0.2) is 0 Å². The van der Waals surface area contributed by atoms with Crippen molar-refractivity contribution in [1.82, 2.24) is 10.2 Å². The summed E-state index contributed by atoms with van der Waals surface area (Å²) in [5.41, 5.74) is 0. The average Bonchev–Trinajstić information content (AvgIpc) is 3.02. The molecule has 3 rings (SSSR count). The number of thioether (sulfide) groups is 1. The smallest absolute Gasteiger partial charge is 0.232 e. The highest BCUT2D eigenvalue weighted by atomic mass is 35.5. The number of halogens is 2. The maximum absolute atomic E-state index is 12.4. The SMILES string of the molecule is CNCC1CCN(C(=O)CSc2cccc3cccc(Cl)c23)C1.Cl. The third-order valence-corrected chi connectivity index (χ3v) is 5.66. The molecule has 1 unspecified atom stereocenters. The summed E-state index contributed by atoms with van der Waals surface area (Å²) >= 11 is 7.93. The van der Waals surface area contributed by atoms with Gasteiger partial charge >= 0.3 is 0 Å². The van der Waals surface area contributed by atoms with E-state index in [0.29, 0.717) is 11.7 Å². The van der Waals surface area contributed by atoms with Crippen LogP contribution in [0.4, 0.5) is 0 Å². The second-order valence-corrected chi connectivity index (χ2v) is 7.36. The zero-order chi connectivity index (χ0) is 16.2. The molecule has 2 aromatic carbocycles. The summed E-state index contributed by atoms with van der Waals surface area (Å²) in [6.07, 6.45) is 1.09. The van der Waals surface area contributed by atoms with Gasteiger partial charge in [0.25, 0.3) is 0 Å². The van der Waals surface area contributed by atoms with Crippen LogP contribution in [0.5, 0.6) is 0 Å². The first-order valence-electron chi connectivity index (χ1n) is 7.91. The van der Waals surface area contributed by atoms with Gasteiger partial charge < -0.3 is 10.2 Å². The lowest BCUT2D eigenvalue weighted by molar-refractivity contribution is -0.127. The molecule has 24 heavy (non-hydrogen) atoms. The molecular weight excluding hydrogens is 363 g/mol. The highest BCUT2D eigenvalue weighted by Gasteiger charge is 2.25. The van der Waals surface area contributed by atoms with E-state index in [-0.39, 0.29) is 18.3 Å². The highest BCUT2D eigenvalue weighted by molar-refractivity contribution is 8.00. The maximum atomic E-state index is 12.4. The standard InChI is InChI=1S/C18H21ClN2OS.ClH/c1-20-10-13-8-9-21(11-13)17(22)12-23-16-7-3-5-14-4-2-6-15(19)18(14)16;/h2-7,13,20H,8-12H2,1H3;1H. The number of carbonyl (C=O) groups is 1. The van der Waals surface area contributed by atoms with Crippen molar-refractivity contribution < 1.29 is 4.79 Å². The van der Waals surface area contributed by atoms with Gasteiger partial charge in [-0.05, 0) is 43.5 Å². The first-order chi connectivity index (χ1) is 11.2. The Labute approximate surface area is 158 Å². The van der Waals surface area contributed by atoms with E-state index in [1.165, 1.54) is 0 Å². The fraction of sp³-hybridized carbons (Fsp3) is 0.389. The summed E-state index contributed by atoms with van der Waals surface area (Å²) in [5, 5.41) is 6.10. The molecular formula is C18H22Cl2N2OS. The molecule has 130 valence electrons. The molecule has 1 atom stereocenters. The van der Waals surface area contributed by atoms with Gasteiger partial charge in [-0.2, -0.15) is 0 Å². The molecule has 1 aliphatic rings. The predicted octanol–water partition coefficient (Wildman–Crippen LogP) is 4.08. The van der Waals surface area contributed by atoms with Crippen LogP contribution in [0.1, 0.15) is 6.42 Å². The maximum Gasteiger partial charge on any atom is 0.232 e. The van der Waals surface area contributed by atoms with Crippen LogP contribution in [-0.4, -0.2) is 43.2 Å². The van der Waals surface area contributed by atoms with E-state index in [1.54, 1.807) is 11.8 Å². The minimum Gasteiger partial charge on any atom is -0.342 e. The van der Waals surface area contributed by atoms with Gasteiger partial charge in [0, 0.05) is 28.4 Å². The number of benzene rings is 2. The fourth-order valence-corrected chi connectivity index (χ4v) is 4.48. The zero-order valence-corrected chi connectivity index (χ0v) is 16.0. The van der Waals surface area contributed by atoms with Crippen molar-refractivity contribution in [2.45, 2.75) is 11.3 Å². The summed E-state index contributed by atoms with van der Waals surface area (Å²) in [4.78, 5) is 15.5. The van der Waals surface area contributed by atoms with E-state index in [2.05, 4.69) is 17.4 Å². The third kappa shape index (κ3) is 4.37. The van der Waals surface area contributed by atoms with Gasteiger partial charge in [0.1, 0.15) is 0 Å². The molecule has 0 aliphatic carbocycles. The predicted molar refractivity (Wildman–Crippen MR) is 106 cm³/mol. The number of amides is 1. The van der Waals surface area contributed by atoms with E-state index >= 15 is 0 Å². The Kier molecular flexibility index (Phi) is 7.23. The Bertz CT molecular complexity index is 705. The van der Waals surface area contributed by atoms with E-state index < -0.39 is 0 Å². The molecule has 1 fully saturated rings. The Morgan fingerprint density at radius 1 is 1.33 bits per heavy atom. The first-order valence-corrected chi connectivity index (χ1v) is 9.28. The monoisotopic (exact) mass is 384 g/mol. The lowest BCUT2D eigenvalue weighted by Crippen LogP contribution is -2.31. The zero-order valence-electron chi connectivity index (χ0n) is 13.6. The van der Waals surface area contributed by atoms with Crippen LogP contribution < -0.4 is 5.32 Å². The quantitative estimate of drug-likeness (QED) is 0.788. The molecule has 1 heterocycles. The van der Waals surface area contributed by atoms with Gasteiger partial charge in [0.05, 0.1) is 5.75 Å². The van der Waals surface area contributed by atoms with Crippen molar-refractivity contribution in [3.05, 3.63) is 41.4 Å². The van der Waals surface area contributed by atoms with Gasteiger partial charge in [-0.1, -0.05) is 35.9 Å². The van der Waals surface area contributed by atoms with E-state index in [1.807, 2.05) is 36.2 Å². The van der Waals surface area contributed by atoms with E-state index in [0.717, 1.165) is 46.7 Å². The molecule has 1 N–H and O–H groups in total. The van der Waals surface area contributed by atoms with Crippen molar-refractivity contribution in [2.75, 3.05) is 32.4 Å². The Morgan fingerprint density at radius 3 is 2.83 bits per heavy atom. The molecule has 0 spiro atoms. The number of hydrogen-bond donors (Lipinski definition) is 1. The van der Waals surface area contributed by atoms with Gasteiger partial charge in [0.2, 0.25) is 5.91 Å². The van der Waals surface area contributed by atoms with Crippen molar-refractivity contribution in [3.63, 3.8) is 0 Å². The molecule has 1 amide bonds. The number of fused-ring (bicyclic) bond motifs is 1. The summed E-state index contributed by atoms with van der Waals surface area (Å²) in [6, 6.07) is 12.0. The normalized spacial score (nSPS) is 17.1. The summed E-state index contributed by atoms with van der Waals surface area (Å²) < 4.78 is 0. The van der Waals surface area contributed by atoms with Crippen molar-refractivity contribution in [3.8, 4) is 0 Å². The molecule has 0 radical (unpaired) electrons. The van der Waals surface area contributed by atoms with Crippen LogP contribution in [0.25, 0.3) is 10.8 Å². The number of rotatable bonds is 5. The minimum atomic E-state index is 0. The molecule has 0 aromatic heterocycles. The topological polar surface area (TPSA) is 32.3 Å². The largest absolute Gasteiger partial charge is 0.342 e. The molecule has 0 saturated carbocycles. The highest BCUT2D eigenvalue weighted by Crippen LogP contribution is 2.33. The lowest BCUT2D eigenvalue weighted by atomic mass is 10.1. The van der Waals surface area contributed by atoms with Gasteiger partial charge in [-0.3, -0.25) is 4.79 Å². The Morgan fingerprint density at radius 2 is 2.08 bits per heavy atom. The third-order valence-electron chi connectivity index (χ3n) is 4.30. The summed E-state index contributed by atoms with van der Waals surface area (Å²) in [6.45, 7) is 2.73. The number of likely N-dealkylation sites (tertiary alicyclic amines) is 1. The molecule has 1 saturated heterocycles. The minimum absolute atomic E-state index is 0. The number of nitrogens with one attached hydrogen (secondary N) is 1. The van der Waals surface area contributed by atoms with Gasteiger partial charge in [-0.25, -0.2) is 0 Å². The molecule has 3 nitrogen and oxygen atoms in total. The second kappa shape index (κ2) is 8.95. The van der Waals surface area contributed by atoms with E-state index in [4.69, 9.17) is 11.6 Å². The number of nitrogens with zero attached hydrogens (tertiary/aromatic N) is 1. The molecule has 2 aromatic rings. The Balaban J connectivity index is 0.00000208. The van der Waals surface area contributed by atoms with Crippen molar-refractivity contribution in [2.24, 2.45) is 5.92 Å². The van der Waals surface area contributed by atoms with Crippen LogP contribution in [-0.2, 0) is 4.79 Å². The van der Waals surface area contributed by atoms with Gasteiger partial charge in [-0.15, -0.1) is 24.2 Å². The molecule has 6 heteroatoms. The molecule has 0 bridgehead atoms. The average molecular weight is 385 g/mol. The van der Waals surface area contributed by atoms with Crippen LogP contribution in [0, 0.1) is 5.92 Å². The van der Waals surface area contributed by atoms with Crippen molar-refractivity contribution >= 4 is 52.4 Å². The van der Waals surface area contributed by atoms with Crippen LogP contribution in [0.15, 0.2) is 41.3 Å². The first kappa shape index (κ1) is 19.4. The van der Waals surface area contributed by atoms with Crippen molar-refractivity contribution in [1.29, 1.82) is 0 Å². The van der Waals surface area contributed by atoms with E-state index in [9.17, 15) is 4.79 Å². The number of hydrogen-bond acceptors (Lipinski definition) is 3. The van der Waals surface area contributed by atoms with Crippen LogP contribution >= 0.6 is 35.8 Å². The summed E-state index contributed by atoms with van der Waals surface area (Å²) in [7, 11) is 1.96. The summed E-state index contributed by atoms with van der Waals surface area (Å²) in [5.74, 6) is 1.27. The Hall–Kier alpha value is -0.940. The van der Waals surface area contributed by atoms with Crippen LogP contribution in [0.2, 0.25) is 5.02 Å².